The van der Waals surface area contributed by atoms with Crippen molar-refractivity contribution in [2.45, 2.75) is 13.8 Å². The molecule has 84 valence electrons. The molecule has 0 saturated heterocycles. The van der Waals surface area contributed by atoms with Crippen molar-refractivity contribution < 1.29 is 9.15 Å². The lowest BCUT2D eigenvalue weighted by Crippen LogP contribution is -1.93. The van der Waals surface area contributed by atoms with Crippen molar-refractivity contribution in [3.8, 4) is 17.5 Å². The maximum absolute atomic E-state index is 5.85. The van der Waals surface area contributed by atoms with Crippen LogP contribution in [0, 0.1) is 13.8 Å². The van der Waals surface area contributed by atoms with E-state index in [2.05, 4.69) is 10.2 Å². The second-order valence-corrected chi connectivity index (χ2v) is 3.60. The first-order valence-electron chi connectivity index (χ1n) is 4.86. The zero-order valence-corrected chi connectivity index (χ0v) is 9.44. The Hall–Kier alpha value is -2.04. The Morgan fingerprint density at radius 3 is 2.56 bits per heavy atom. The van der Waals surface area contributed by atoms with Gasteiger partial charge in [0.05, 0.1) is 7.11 Å². The first-order chi connectivity index (χ1) is 7.61. The third kappa shape index (κ3) is 1.71. The standard InChI is InChI=1S/C11H13N3O2/c1-6-4-7(2)9(12)5-8(6)10-13-14-11(15-3)16-10/h4-5H,12H2,1-3H3. The van der Waals surface area contributed by atoms with Crippen molar-refractivity contribution >= 4 is 5.69 Å². The smallest absolute Gasteiger partial charge is 0.414 e. The molecule has 2 N–H and O–H groups in total. The van der Waals surface area contributed by atoms with E-state index in [0.717, 1.165) is 16.7 Å². The molecule has 0 spiro atoms. The van der Waals surface area contributed by atoms with Gasteiger partial charge in [0, 0.05) is 11.3 Å². The van der Waals surface area contributed by atoms with Gasteiger partial charge in [-0.25, -0.2) is 0 Å². The lowest BCUT2D eigenvalue weighted by atomic mass is 10.0. The molecular weight excluding hydrogens is 206 g/mol. The Morgan fingerprint density at radius 1 is 1.19 bits per heavy atom. The van der Waals surface area contributed by atoms with Crippen molar-refractivity contribution in [1.29, 1.82) is 0 Å². The highest BCUT2D eigenvalue weighted by molar-refractivity contribution is 5.66. The highest BCUT2D eigenvalue weighted by Crippen LogP contribution is 2.28. The van der Waals surface area contributed by atoms with Crippen molar-refractivity contribution in [3.05, 3.63) is 23.3 Å². The third-order valence-electron chi connectivity index (χ3n) is 2.42. The fourth-order valence-corrected chi connectivity index (χ4v) is 1.50. The van der Waals surface area contributed by atoms with Crippen LogP contribution in [0.2, 0.25) is 0 Å². The van der Waals surface area contributed by atoms with Gasteiger partial charge in [-0.05, 0) is 31.0 Å². The van der Waals surface area contributed by atoms with Crippen LogP contribution in [-0.4, -0.2) is 17.3 Å². The van der Waals surface area contributed by atoms with E-state index in [9.17, 15) is 0 Å². The minimum atomic E-state index is 0.147. The number of anilines is 1. The minimum absolute atomic E-state index is 0.147. The van der Waals surface area contributed by atoms with Crippen LogP contribution in [0.4, 0.5) is 5.69 Å². The van der Waals surface area contributed by atoms with E-state index in [1.165, 1.54) is 7.11 Å². The normalized spacial score (nSPS) is 10.4. The molecule has 0 fully saturated rings. The number of aromatic nitrogens is 2. The summed E-state index contributed by atoms with van der Waals surface area (Å²) in [5.41, 5.74) is 9.46. The first kappa shape index (κ1) is 10.5. The minimum Gasteiger partial charge on any atom is -0.452 e. The average molecular weight is 219 g/mol. The second kappa shape index (κ2) is 3.84. The fourth-order valence-electron chi connectivity index (χ4n) is 1.50. The highest BCUT2D eigenvalue weighted by Gasteiger charge is 2.12. The van der Waals surface area contributed by atoms with Gasteiger partial charge in [0.25, 0.3) is 5.89 Å². The van der Waals surface area contributed by atoms with E-state index < -0.39 is 0 Å². The summed E-state index contributed by atoms with van der Waals surface area (Å²) in [4.78, 5) is 0. The number of benzene rings is 1. The van der Waals surface area contributed by atoms with Crippen LogP contribution in [0.1, 0.15) is 11.1 Å². The van der Waals surface area contributed by atoms with Gasteiger partial charge in [-0.2, -0.15) is 0 Å². The number of rotatable bonds is 2. The largest absolute Gasteiger partial charge is 0.452 e. The summed E-state index contributed by atoms with van der Waals surface area (Å²) in [5, 5.41) is 7.62. The third-order valence-corrected chi connectivity index (χ3v) is 2.42. The summed E-state index contributed by atoms with van der Waals surface area (Å²) < 4.78 is 10.1. The molecule has 0 unspecified atom stereocenters. The predicted molar refractivity (Wildman–Crippen MR) is 60.2 cm³/mol. The molecule has 1 aromatic heterocycles. The van der Waals surface area contributed by atoms with Gasteiger partial charge in [0.15, 0.2) is 0 Å². The number of nitrogens with two attached hydrogens (primary N) is 1. The van der Waals surface area contributed by atoms with E-state index in [1.807, 2.05) is 26.0 Å². The van der Waals surface area contributed by atoms with E-state index in [4.69, 9.17) is 14.9 Å². The molecule has 5 nitrogen and oxygen atoms in total. The summed E-state index contributed by atoms with van der Waals surface area (Å²) in [5.74, 6) is 0.418. The molecule has 0 aliphatic heterocycles. The second-order valence-electron chi connectivity index (χ2n) is 3.60. The Balaban J connectivity index is 2.51. The van der Waals surface area contributed by atoms with Gasteiger partial charge in [-0.3, -0.25) is 0 Å². The van der Waals surface area contributed by atoms with Gasteiger partial charge in [0.2, 0.25) is 0 Å². The van der Waals surface area contributed by atoms with Crippen LogP contribution in [0.5, 0.6) is 6.08 Å². The van der Waals surface area contributed by atoms with E-state index in [0.29, 0.717) is 11.6 Å². The number of nitrogens with zero attached hydrogens (tertiary/aromatic N) is 2. The first-order valence-corrected chi connectivity index (χ1v) is 4.86. The molecule has 16 heavy (non-hydrogen) atoms. The lowest BCUT2D eigenvalue weighted by molar-refractivity contribution is 0.293. The molecule has 1 aromatic carbocycles. The maximum atomic E-state index is 5.85. The molecule has 0 radical (unpaired) electrons. The van der Waals surface area contributed by atoms with Crippen LogP contribution < -0.4 is 10.5 Å². The van der Waals surface area contributed by atoms with Crippen LogP contribution >= 0.6 is 0 Å². The molecule has 0 atom stereocenters. The topological polar surface area (TPSA) is 74.2 Å². The lowest BCUT2D eigenvalue weighted by Gasteiger charge is -2.05. The quantitative estimate of drug-likeness (QED) is 0.781. The SMILES string of the molecule is COc1nnc(-c2cc(N)c(C)cc2C)o1. The van der Waals surface area contributed by atoms with Crippen molar-refractivity contribution in [2.24, 2.45) is 0 Å². The Bertz CT molecular complexity index is 520. The predicted octanol–water partition coefficient (Wildman–Crippen LogP) is 1.94. The van der Waals surface area contributed by atoms with Gasteiger partial charge >= 0.3 is 6.08 Å². The molecule has 0 amide bonds. The van der Waals surface area contributed by atoms with Crippen LogP contribution in [0.3, 0.4) is 0 Å². The van der Waals surface area contributed by atoms with Gasteiger partial charge in [-0.15, -0.1) is 5.10 Å². The fraction of sp³-hybridized carbons (Fsp3) is 0.273. The van der Waals surface area contributed by atoms with Crippen molar-refractivity contribution in [2.75, 3.05) is 12.8 Å². The Labute approximate surface area is 93.2 Å². The zero-order chi connectivity index (χ0) is 11.7. The molecule has 5 heteroatoms. The summed E-state index contributed by atoms with van der Waals surface area (Å²) >= 11 is 0. The number of hydrogen-bond acceptors (Lipinski definition) is 5. The van der Waals surface area contributed by atoms with Crippen LogP contribution in [0.25, 0.3) is 11.5 Å². The molecule has 2 aromatic rings. The van der Waals surface area contributed by atoms with Crippen LogP contribution in [0.15, 0.2) is 16.5 Å². The summed E-state index contributed by atoms with van der Waals surface area (Å²) in [7, 11) is 1.48. The van der Waals surface area contributed by atoms with E-state index in [1.54, 1.807) is 0 Å². The molecule has 0 bridgehead atoms. The Kier molecular flexibility index (Phi) is 2.52. The van der Waals surface area contributed by atoms with Crippen molar-refractivity contribution in [1.82, 2.24) is 10.2 Å². The monoisotopic (exact) mass is 219 g/mol. The number of methoxy groups -OCH3 is 1. The van der Waals surface area contributed by atoms with Gasteiger partial charge < -0.3 is 14.9 Å². The molecular formula is C11H13N3O2. The molecule has 1 heterocycles. The van der Waals surface area contributed by atoms with Gasteiger partial charge in [0.1, 0.15) is 0 Å². The molecule has 0 aliphatic carbocycles. The van der Waals surface area contributed by atoms with E-state index >= 15 is 0 Å². The zero-order valence-electron chi connectivity index (χ0n) is 9.44. The highest BCUT2D eigenvalue weighted by atomic mass is 16.6. The van der Waals surface area contributed by atoms with Crippen molar-refractivity contribution in [3.63, 3.8) is 0 Å². The van der Waals surface area contributed by atoms with Crippen LogP contribution in [-0.2, 0) is 0 Å². The number of hydrogen-bond donors (Lipinski definition) is 1. The number of aryl methyl sites for hydroxylation is 2. The average Bonchev–Trinajstić information content (AvgIpc) is 2.71. The summed E-state index contributed by atoms with van der Waals surface area (Å²) in [6.45, 7) is 3.93. The van der Waals surface area contributed by atoms with E-state index in [-0.39, 0.29) is 6.08 Å². The van der Waals surface area contributed by atoms with Gasteiger partial charge in [-0.1, -0.05) is 11.2 Å². The Morgan fingerprint density at radius 2 is 1.94 bits per heavy atom. The number of nitrogen functional groups attached to an aromatic ring is 1. The summed E-state index contributed by atoms with van der Waals surface area (Å²) in [6, 6.07) is 3.82. The number of ether oxygens (including phenoxy) is 1. The maximum Gasteiger partial charge on any atom is 0.414 e. The summed E-state index contributed by atoms with van der Waals surface area (Å²) in [6.07, 6.45) is 0.147. The molecule has 2 rings (SSSR count). The molecule has 0 saturated carbocycles. The molecule has 0 aliphatic rings.